The first-order valence-corrected chi connectivity index (χ1v) is 10.7. The zero-order chi connectivity index (χ0) is 22.5. The molecule has 32 heavy (non-hydrogen) atoms. The van der Waals surface area contributed by atoms with Crippen LogP contribution in [0.25, 0.3) is 0 Å². The van der Waals surface area contributed by atoms with Gasteiger partial charge in [-0.15, -0.1) is 0 Å². The molecule has 0 saturated carbocycles. The van der Waals surface area contributed by atoms with E-state index in [1.165, 1.54) is 16.3 Å². The Bertz CT molecular complexity index is 1110. The average Bonchev–Trinajstić information content (AvgIpc) is 2.83. The minimum Gasteiger partial charge on any atom is -0.496 e. The van der Waals surface area contributed by atoms with Crippen LogP contribution in [-0.2, 0) is 13.2 Å². The maximum Gasteiger partial charge on any atom is 0.425 e. The van der Waals surface area contributed by atoms with Crippen molar-refractivity contribution in [1.29, 1.82) is 0 Å². The summed E-state index contributed by atoms with van der Waals surface area (Å²) in [7, 11) is 4.70. The van der Waals surface area contributed by atoms with Crippen LogP contribution in [0.2, 0.25) is 0 Å². The Kier molecular flexibility index (Phi) is 6.61. The summed E-state index contributed by atoms with van der Waals surface area (Å²) in [6.07, 6.45) is -0.471. The van der Waals surface area contributed by atoms with Gasteiger partial charge in [-0.05, 0) is 23.3 Å². The number of benzene rings is 3. The van der Waals surface area contributed by atoms with E-state index in [4.69, 9.17) is 23.7 Å². The smallest absolute Gasteiger partial charge is 0.425 e. The van der Waals surface area contributed by atoms with E-state index in [0.29, 0.717) is 46.8 Å². The van der Waals surface area contributed by atoms with E-state index in [1.807, 2.05) is 48.5 Å². The Hall–Kier alpha value is -3.52. The predicted molar refractivity (Wildman–Crippen MR) is 121 cm³/mol. The molecule has 8 heteroatoms. The molecule has 0 atom stereocenters. The average molecular weight is 454 g/mol. The second kappa shape index (κ2) is 9.74. The highest BCUT2D eigenvalue weighted by molar-refractivity contribution is 7.97. The fourth-order valence-electron chi connectivity index (χ4n) is 3.21. The van der Waals surface area contributed by atoms with Crippen molar-refractivity contribution in [3.63, 3.8) is 0 Å². The monoisotopic (exact) mass is 453 g/mol. The number of nitrogens with zero attached hydrogens (tertiary/aromatic N) is 1. The molecular weight excluding hydrogens is 430 g/mol. The first-order valence-electron chi connectivity index (χ1n) is 9.88. The molecule has 1 amide bonds. The summed E-state index contributed by atoms with van der Waals surface area (Å²) in [4.78, 5) is 13.3. The summed E-state index contributed by atoms with van der Waals surface area (Å²) in [6, 6.07) is 18.9. The van der Waals surface area contributed by atoms with Crippen LogP contribution in [0.5, 0.6) is 28.7 Å². The SMILES string of the molecule is COc1cc(OC)c2c(c1)OC(=O)N(Cc1ccc(OCc3ccccc3)c(OC)c1)S2. The molecule has 1 aliphatic heterocycles. The first kappa shape index (κ1) is 21.7. The van der Waals surface area contributed by atoms with E-state index in [-0.39, 0.29) is 0 Å². The second-order valence-corrected chi connectivity index (χ2v) is 7.94. The Morgan fingerprint density at radius 2 is 1.62 bits per heavy atom. The summed E-state index contributed by atoms with van der Waals surface area (Å²) in [5, 5.41) is 0. The Balaban J connectivity index is 1.50. The molecular formula is C24H23NO6S. The number of methoxy groups -OCH3 is 3. The van der Waals surface area contributed by atoms with Gasteiger partial charge < -0.3 is 23.7 Å². The lowest BCUT2D eigenvalue weighted by Gasteiger charge is -2.28. The van der Waals surface area contributed by atoms with Crippen LogP contribution in [0, 0.1) is 0 Å². The molecule has 0 spiro atoms. The van der Waals surface area contributed by atoms with E-state index in [0.717, 1.165) is 11.1 Å². The fourth-order valence-corrected chi connectivity index (χ4v) is 4.18. The third-order valence-corrected chi connectivity index (χ3v) is 5.93. The number of rotatable bonds is 8. The molecule has 0 unspecified atom stereocenters. The van der Waals surface area contributed by atoms with E-state index >= 15 is 0 Å². The maximum atomic E-state index is 12.6. The molecule has 3 aromatic rings. The summed E-state index contributed by atoms with van der Waals surface area (Å²) >= 11 is 1.26. The van der Waals surface area contributed by atoms with Crippen molar-refractivity contribution in [1.82, 2.24) is 4.31 Å². The van der Waals surface area contributed by atoms with E-state index in [2.05, 4.69) is 0 Å². The lowest BCUT2D eigenvalue weighted by Crippen LogP contribution is -2.30. The number of hydrogen-bond donors (Lipinski definition) is 0. The Labute approximate surface area is 190 Å². The lowest BCUT2D eigenvalue weighted by molar-refractivity contribution is 0.175. The second-order valence-electron chi connectivity index (χ2n) is 6.91. The van der Waals surface area contributed by atoms with Crippen LogP contribution in [0.1, 0.15) is 11.1 Å². The summed E-state index contributed by atoms with van der Waals surface area (Å²) in [5.74, 6) is 2.77. The minimum absolute atomic E-state index is 0.313. The van der Waals surface area contributed by atoms with Crippen molar-refractivity contribution >= 4 is 18.0 Å². The van der Waals surface area contributed by atoms with Crippen molar-refractivity contribution in [3.8, 4) is 28.7 Å². The maximum absolute atomic E-state index is 12.6. The molecule has 3 aromatic carbocycles. The van der Waals surface area contributed by atoms with Gasteiger partial charge in [-0.3, -0.25) is 0 Å². The van der Waals surface area contributed by atoms with Crippen molar-refractivity contribution in [2.24, 2.45) is 0 Å². The molecule has 166 valence electrons. The highest BCUT2D eigenvalue weighted by atomic mass is 32.2. The molecule has 4 rings (SSSR count). The van der Waals surface area contributed by atoms with Gasteiger partial charge >= 0.3 is 6.09 Å². The molecule has 0 bridgehead atoms. The van der Waals surface area contributed by atoms with Crippen LogP contribution < -0.4 is 23.7 Å². The Morgan fingerprint density at radius 1 is 0.844 bits per heavy atom. The molecule has 0 saturated heterocycles. The van der Waals surface area contributed by atoms with E-state index in [1.54, 1.807) is 33.5 Å². The quantitative estimate of drug-likeness (QED) is 0.428. The van der Waals surface area contributed by atoms with Gasteiger partial charge in [-0.2, -0.15) is 0 Å². The summed E-state index contributed by atoms with van der Waals surface area (Å²) < 4.78 is 29.2. The van der Waals surface area contributed by atoms with Crippen LogP contribution in [-0.4, -0.2) is 31.7 Å². The first-order chi connectivity index (χ1) is 15.6. The van der Waals surface area contributed by atoms with E-state index in [9.17, 15) is 4.79 Å². The van der Waals surface area contributed by atoms with Crippen molar-refractivity contribution < 1.29 is 28.5 Å². The van der Waals surface area contributed by atoms with Gasteiger partial charge in [0, 0.05) is 24.1 Å². The molecule has 0 aromatic heterocycles. The van der Waals surface area contributed by atoms with Gasteiger partial charge in [0.1, 0.15) is 23.0 Å². The predicted octanol–water partition coefficient (Wildman–Crippen LogP) is 5.31. The van der Waals surface area contributed by atoms with Crippen LogP contribution in [0.3, 0.4) is 0 Å². The standard InChI is InChI=1S/C24H23NO6S/c1-27-18-12-21(29-3)23-22(13-18)31-24(26)25(32-23)14-17-9-10-19(20(11-17)28-2)30-15-16-7-5-4-6-8-16/h4-13H,14-15H2,1-3H3. The third-order valence-electron chi connectivity index (χ3n) is 4.84. The van der Waals surface area contributed by atoms with Crippen molar-refractivity contribution in [3.05, 3.63) is 71.8 Å². The van der Waals surface area contributed by atoms with E-state index < -0.39 is 6.09 Å². The topological polar surface area (TPSA) is 66.5 Å². The molecule has 0 radical (unpaired) electrons. The third kappa shape index (κ3) is 4.70. The normalized spacial score (nSPS) is 12.6. The number of fused-ring (bicyclic) bond motifs is 1. The number of hydrogen-bond acceptors (Lipinski definition) is 7. The highest BCUT2D eigenvalue weighted by Gasteiger charge is 2.30. The van der Waals surface area contributed by atoms with Gasteiger partial charge in [0.05, 0.1) is 27.9 Å². The van der Waals surface area contributed by atoms with Crippen LogP contribution in [0.4, 0.5) is 4.79 Å². The lowest BCUT2D eigenvalue weighted by atomic mass is 10.2. The van der Waals surface area contributed by atoms with Gasteiger partial charge in [-0.1, -0.05) is 36.4 Å². The number of carbonyl (C=O) groups excluding carboxylic acids is 1. The molecule has 0 fully saturated rings. The number of ether oxygens (including phenoxy) is 5. The molecule has 0 N–H and O–H groups in total. The Morgan fingerprint density at radius 3 is 2.34 bits per heavy atom. The molecule has 1 aliphatic rings. The molecule has 0 aliphatic carbocycles. The molecule has 7 nitrogen and oxygen atoms in total. The van der Waals surface area contributed by atoms with Crippen molar-refractivity contribution in [2.75, 3.05) is 21.3 Å². The van der Waals surface area contributed by atoms with Gasteiger partial charge in [-0.25, -0.2) is 9.10 Å². The van der Waals surface area contributed by atoms with Crippen molar-refractivity contribution in [2.45, 2.75) is 18.0 Å². The summed E-state index contributed by atoms with van der Waals surface area (Å²) in [6.45, 7) is 0.748. The van der Waals surface area contributed by atoms with Crippen LogP contribution >= 0.6 is 11.9 Å². The number of amides is 1. The summed E-state index contributed by atoms with van der Waals surface area (Å²) in [5.41, 5.74) is 1.93. The fraction of sp³-hybridized carbons (Fsp3) is 0.208. The van der Waals surface area contributed by atoms with Gasteiger partial charge in [0.25, 0.3) is 0 Å². The number of carbonyl (C=O) groups is 1. The van der Waals surface area contributed by atoms with Gasteiger partial charge in [0.2, 0.25) is 0 Å². The van der Waals surface area contributed by atoms with Gasteiger partial charge in [0.15, 0.2) is 17.2 Å². The minimum atomic E-state index is -0.471. The van der Waals surface area contributed by atoms with Crippen LogP contribution in [0.15, 0.2) is 65.6 Å². The zero-order valence-electron chi connectivity index (χ0n) is 18.0. The highest BCUT2D eigenvalue weighted by Crippen LogP contribution is 2.46. The zero-order valence-corrected chi connectivity index (χ0v) is 18.8. The largest absolute Gasteiger partial charge is 0.496 e. The molecule has 1 heterocycles.